The summed E-state index contributed by atoms with van der Waals surface area (Å²) in [7, 11) is 0. The minimum atomic E-state index is -0.423. The quantitative estimate of drug-likeness (QED) is 0.0501. The maximum atomic E-state index is 12.2. The van der Waals surface area contributed by atoms with E-state index in [2.05, 4.69) is 18.0 Å². The molecule has 40 heavy (non-hydrogen) atoms. The van der Waals surface area contributed by atoms with E-state index in [0.29, 0.717) is 37.6 Å². The van der Waals surface area contributed by atoms with Crippen LogP contribution in [0.1, 0.15) is 72.9 Å². The van der Waals surface area contributed by atoms with Crippen LogP contribution in [0.5, 0.6) is 5.75 Å². The first kappa shape index (κ1) is 31.9. The molecule has 212 valence electrons. The maximum Gasteiger partial charge on any atom is 0.343 e. The molecule has 0 atom stereocenters. The molecule has 0 bridgehead atoms. The lowest BCUT2D eigenvalue weighted by Crippen LogP contribution is -2.08. The molecule has 0 aromatic heterocycles. The van der Waals surface area contributed by atoms with Gasteiger partial charge in [0.25, 0.3) is 0 Å². The monoisotopic (exact) mass is 546 g/mol. The van der Waals surface area contributed by atoms with Crippen molar-refractivity contribution in [2.45, 2.75) is 58.3 Å². The normalized spacial score (nSPS) is 9.93. The van der Waals surface area contributed by atoms with E-state index in [1.165, 1.54) is 6.26 Å². The fraction of sp³-hybridized carbons (Fsp3) is 0.364. The number of ether oxygens (including phenoxy) is 4. The van der Waals surface area contributed by atoms with Crippen molar-refractivity contribution in [2.75, 3.05) is 19.8 Å². The van der Waals surface area contributed by atoms with Gasteiger partial charge in [-0.15, -0.1) is 0 Å². The van der Waals surface area contributed by atoms with Crippen LogP contribution in [0.4, 0.5) is 0 Å². The predicted octanol–water partition coefficient (Wildman–Crippen LogP) is 6.90. The van der Waals surface area contributed by atoms with Crippen molar-refractivity contribution in [3.05, 3.63) is 95.6 Å². The fourth-order valence-electron chi connectivity index (χ4n) is 3.43. The molecule has 0 radical (unpaired) electrons. The lowest BCUT2D eigenvalue weighted by Gasteiger charge is -2.05. The second kappa shape index (κ2) is 19.7. The smallest absolute Gasteiger partial charge is 0.343 e. The topological polar surface area (TPSA) is 88.1 Å². The summed E-state index contributed by atoms with van der Waals surface area (Å²) >= 11 is 0. The fourth-order valence-corrected chi connectivity index (χ4v) is 3.43. The van der Waals surface area contributed by atoms with E-state index in [0.717, 1.165) is 62.1 Å². The van der Waals surface area contributed by atoms with Gasteiger partial charge in [0.15, 0.2) is 0 Å². The summed E-state index contributed by atoms with van der Waals surface area (Å²) in [6.07, 6.45) is 10.7. The van der Waals surface area contributed by atoms with Crippen molar-refractivity contribution in [1.29, 1.82) is 0 Å². The van der Waals surface area contributed by atoms with Crippen LogP contribution in [-0.2, 0) is 23.8 Å². The van der Waals surface area contributed by atoms with E-state index < -0.39 is 11.9 Å². The van der Waals surface area contributed by atoms with Crippen LogP contribution < -0.4 is 4.74 Å². The Morgan fingerprint density at radius 1 is 0.775 bits per heavy atom. The van der Waals surface area contributed by atoms with E-state index in [9.17, 15) is 14.4 Å². The second-order valence-electron chi connectivity index (χ2n) is 9.06. The van der Waals surface area contributed by atoms with Crippen molar-refractivity contribution < 1.29 is 33.3 Å². The van der Waals surface area contributed by atoms with Gasteiger partial charge in [-0.1, -0.05) is 42.1 Å². The first-order valence-electron chi connectivity index (χ1n) is 13.6. The molecule has 7 nitrogen and oxygen atoms in total. The summed E-state index contributed by atoms with van der Waals surface area (Å²) in [6, 6.07) is 14.4. The number of unbranched alkanes of at least 4 members (excludes halogenated alkanes) is 5. The summed E-state index contributed by atoms with van der Waals surface area (Å²) in [5, 5.41) is 0. The van der Waals surface area contributed by atoms with Gasteiger partial charge in [-0.3, -0.25) is 4.79 Å². The van der Waals surface area contributed by atoms with Crippen LogP contribution in [0.3, 0.4) is 0 Å². The molecule has 0 saturated carbocycles. The number of aryl methyl sites for hydroxylation is 1. The zero-order valence-corrected chi connectivity index (χ0v) is 23.2. The average molecular weight is 547 g/mol. The van der Waals surface area contributed by atoms with Crippen molar-refractivity contribution in [2.24, 2.45) is 0 Å². The standard InChI is InChI=1S/C33H38O7/c1-3-31(34)38-25-11-6-7-14-32(35)39-26-10-5-4-9-23-37-24-12-8-13-28-17-21-30(22-18-28)40-33(36)29-19-15-27(2)16-20-29/h3,13,15-22,24H,1,4-7,9-11,14,23,25-26H2,2H3. The Morgan fingerprint density at radius 3 is 2.12 bits per heavy atom. The molecule has 0 unspecified atom stereocenters. The maximum absolute atomic E-state index is 12.2. The number of esters is 3. The van der Waals surface area contributed by atoms with Gasteiger partial charge in [-0.2, -0.15) is 0 Å². The summed E-state index contributed by atoms with van der Waals surface area (Å²) in [5.41, 5.74) is 8.25. The third-order valence-electron chi connectivity index (χ3n) is 5.70. The van der Waals surface area contributed by atoms with Gasteiger partial charge in [0, 0.05) is 12.5 Å². The molecule has 0 aliphatic carbocycles. The molecule has 0 aliphatic rings. The molecule has 2 rings (SSSR count). The van der Waals surface area contributed by atoms with Gasteiger partial charge in [-0.25, -0.2) is 9.59 Å². The van der Waals surface area contributed by atoms with Crippen LogP contribution >= 0.6 is 0 Å². The number of hydrogen-bond donors (Lipinski definition) is 0. The summed E-state index contributed by atoms with van der Waals surface area (Å²) in [4.78, 5) is 34.8. The average Bonchev–Trinajstić information content (AvgIpc) is 2.96. The summed E-state index contributed by atoms with van der Waals surface area (Å²) in [5.74, 6) is -0.528. The first-order chi connectivity index (χ1) is 19.5. The highest BCUT2D eigenvalue weighted by Gasteiger charge is 2.08. The van der Waals surface area contributed by atoms with Gasteiger partial charge in [-0.05, 0) is 93.5 Å². The van der Waals surface area contributed by atoms with Crippen molar-refractivity contribution in [1.82, 2.24) is 0 Å². The molecule has 0 spiro atoms. The van der Waals surface area contributed by atoms with Crippen LogP contribution in [0, 0.1) is 6.92 Å². The highest BCUT2D eigenvalue weighted by molar-refractivity contribution is 5.91. The minimum absolute atomic E-state index is 0.186. The Hall–Kier alpha value is -4.31. The Labute approximate surface area is 236 Å². The molecule has 0 fully saturated rings. The van der Waals surface area contributed by atoms with Crippen molar-refractivity contribution in [3.63, 3.8) is 0 Å². The number of carbonyl (C=O) groups is 3. The Kier molecular flexibility index (Phi) is 15.7. The van der Waals surface area contributed by atoms with Gasteiger partial charge in [0.2, 0.25) is 0 Å². The molecular weight excluding hydrogens is 508 g/mol. The SMILES string of the molecule is C=CC(=O)OCCCCCC(=O)OCCCCCCOC=C=C=Cc1ccc(OC(=O)c2ccc(C)cc2)cc1. The van der Waals surface area contributed by atoms with E-state index >= 15 is 0 Å². The third kappa shape index (κ3) is 14.6. The molecule has 7 heteroatoms. The molecule has 0 saturated heterocycles. The molecule has 0 aliphatic heterocycles. The molecular formula is C33H38O7. The first-order valence-corrected chi connectivity index (χ1v) is 13.6. The van der Waals surface area contributed by atoms with Gasteiger partial charge in [0.1, 0.15) is 12.0 Å². The lowest BCUT2D eigenvalue weighted by molar-refractivity contribution is -0.144. The van der Waals surface area contributed by atoms with Crippen LogP contribution in [0.25, 0.3) is 6.08 Å². The van der Waals surface area contributed by atoms with Crippen molar-refractivity contribution >= 4 is 24.0 Å². The molecule has 2 aromatic carbocycles. The second-order valence-corrected chi connectivity index (χ2v) is 9.06. The largest absolute Gasteiger partial charge is 0.492 e. The van der Waals surface area contributed by atoms with Crippen LogP contribution in [0.2, 0.25) is 0 Å². The van der Waals surface area contributed by atoms with E-state index in [1.807, 2.05) is 31.2 Å². The number of benzene rings is 2. The van der Waals surface area contributed by atoms with Gasteiger partial charge < -0.3 is 18.9 Å². The molecule has 2 aromatic rings. The van der Waals surface area contributed by atoms with Crippen LogP contribution in [0.15, 0.2) is 78.9 Å². The Balaban J connectivity index is 1.49. The van der Waals surface area contributed by atoms with E-state index in [1.54, 1.807) is 30.3 Å². The zero-order chi connectivity index (χ0) is 28.8. The number of hydrogen-bond acceptors (Lipinski definition) is 7. The van der Waals surface area contributed by atoms with Gasteiger partial charge >= 0.3 is 17.9 Å². The predicted molar refractivity (Wildman–Crippen MR) is 154 cm³/mol. The van der Waals surface area contributed by atoms with E-state index in [4.69, 9.17) is 18.9 Å². The summed E-state index contributed by atoms with van der Waals surface area (Å²) in [6.45, 7) is 6.65. The van der Waals surface area contributed by atoms with Gasteiger partial charge in [0.05, 0.1) is 25.4 Å². The minimum Gasteiger partial charge on any atom is -0.492 e. The van der Waals surface area contributed by atoms with Crippen molar-refractivity contribution in [3.8, 4) is 5.75 Å². The molecule has 0 amide bonds. The Morgan fingerprint density at radius 2 is 1.43 bits per heavy atom. The number of rotatable bonds is 18. The molecule has 0 heterocycles. The highest BCUT2D eigenvalue weighted by Crippen LogP contribution is 2.15. The third-order valence-corrected chi connectivity index (χ3v) is 5.70. The Bertz CT molecular complexity index is 1170. The number of carbonyl (C=O) groups excluding carboxylic acids is 3. The van der Waals surface area contributed by atoms with Crippen LogP contribution in [-0.4, -0.2) is 37.7 Å². The zero-order valence-electron chi connectivity index (χ0n) is 23.2. The highest BCUT2D eigenvalue weighted by atomic mass is 16.5. The molecule has 0 N–H and O–H groups in total. The van der Waals surface area contributed by atoms with E-state index in [-0.39, 0.29) is 5.97 Å². The lowest BCUT2D eigenvalue weighted by atomic mass is 10.1. The summed E-state index contributed by atoms with van der Waals surface area (Å²) < 4.78 is 20.9.